The molecule has 0 radical (unpaired) electrons. The van der Waals surface area contributed by atoms with Gasteiger partial charge in [0.2, 0.25) is 0 Å². The van der Waals surface area contributed by atoms with Gasteiger partial charge in [-0.25, -0.2) is 0 Å². The van der Waals surface area contributed by atoms with Crippen molar-refractivity contribution in [3.05, 3.63) is 12.7 Å². The lowest BCUT2D eigenvalue weighted by molar-refractivity contribution is 0.308. The first-order chi connectivity index (χ1) is 11.0. The molecular weight excluding hydrogens is 276 g/mol. The zero-order valence-corrected chi connectivity index (χ0v) is 18.3. The Labute approximate surface area is 150 Å². The maximum atomic E-state index is 3.36. The van der Waals surface area contributed by atoms with E-state index in [4.69, 9.17) is 0 Å². The Morgan fingerprint density at radius 2 is 1.04 bits per heavy atom. The number of allylic oxidation sites excluding steroid dienone is 1. The van der Waals surface area contributed by atoms with Crippen molar-refractivity contribution >= 4 is 0 Å². The molecule has 0 heterocycles. The maximum absolute atomic E-state index is 3.36. The summed E-state index contributed by atoms with van der Waals surface area (Å²) in [6.45, 7) is 22.7. The normalized spacial score (nSPS) is 28.2. The van der Waals surface area contributed by atoms with Crippen LogP contribution in [0.15, 0.2) is 12.7 Å². The highest BCUT2D eigenvalue weighted by molar-refractivity contribution is 4.70. The molecule has 2 unspecified atom stereocenters. The minimum atomic E-state index is 1.02. The molecule has 2 aliphatic carbocycles. The number of rotatable bonds is 1. The first-order valence-corrected chi connectivity index (χ1v) is 10.6. The highest BCUT2D eigenvalue weighted by Gasteiger charge is 2.18. The third kappa shape index (κ3) is 19.7. The first-order valence-electron chi connectivity index (χ1n) is 10.6. The highest BCUT2D eigenvalue weighted by Crippen LogP contribution is 2.31. The van der Waals surface area contributed by atoms with Gasteiger partial charge in [0.1, 0.15) is 0 Å². The molecule has 0 amide bonds. The van der Waals surface area contributed by atoms with Crippen LogP contribution in [0.5, 0.6) is 0 Å². The summed E-state index contributed by atoms with van der Waals surface area (Å²) in [5.41, 5.74) is 0. The predicted molar refractivity (Wildman–Crippen MR) is 112 cm³/mol. The second-order valence-corrected chi connectivity index (χ2v) is 6.97. The summed E-state index contributed by atoms with van der Waals surface area (Å²) in [4.78, 5) is 0. The van der Waals surface area contributed by atoms with Gasteiger partial charge in [-0.05, 0) is 37.0 Å². The van der Waals surface area contributed by atoms with Crippen LogP contribution in [0.1, 0.15) is 114 Å². The van der Waals surface area contributed by atoms with E-state index < -0.39 is 0 Å². The van der Waals surface area contributed by atoms with Gasteiger partial charge in [0.25, 0.3) is 0 Å². The lowest BCUT2D eigenvalue weighted by Crippen LogP contribution is -2.08. The molecule has 2 aliphatic rings. The molecule has 0 nitrogen and oxygen atoms in total. The Hall–Kier alpha value is -0.260. The van der Waals surface area contributed by atoms with Crippen molar-refractivity contribution in [3.8, 4) is 0 Å². The fourth-order valence-corrected chi connectivity index (χ4v) is 3.12. The van der Waals surface area contributed by atoms with E-state index in [1.165, 1.54) is 51.4 Å². The van der Waals surface area contributed by atoms with Gasteiger partial charge in [0.15, 0.2) is 0 Å². The van der Waals surface area contributed by atoms with Gasteiger partial charge >= 0.3 is 0 Å². The lowest BCUT2D eigenvalue weighted by Gasteiger charge is -2.22. The highest BCUT2D eigenvalue weighted by atomic mass is 14.2. The molecule has 0 aromatic carbocycles. The SMILES string of the molecule is C=CC.CC.CC.CC1CCC(C)CC1.CCC1CCC(C)C1. The lowest BCUT2D eigenvalue weighted by atomic mass is 9.84. The summed E-state index contributed by atoms with van der Waals surface area (Å²) in [5, 5.41) is 0. The molecule has 0 N–H and O–H groups in total. The molecule has 0 spiro atoms. The predicted octanol–water partition coefficient (Wildman–Crippen LogP) is 8.91. The van der Waals surface area contributed by atoms with Crippen molar-refractivity contribution in [1.82, 2.24) is 0 Å². The van der Waals surface area contributed by atoms with Gasteiger partial charge in [-0.15, -0.1) is 6.58 Å². The summed E-state index contributed by atoms with van der Waals surface area (Å²) in [7, 11) is 0. The smallest absolute Gasteiger partial charge is 0.0414 e. The van der Waals surface area contributed by atoms with Crippen molar-refractivity contribution in [2.24, 2.45) is 23.7 Å². The Kier molecular flexibility index (Phi) is 26.1. The fourth-order valence-electron chi connectivity index (χ4n) is 3.12. The van der Waals surface area contributed by atoms with Crippen LogP contribution in [0.25, 0.3) is 0 Å². The Morgan fingerprint density at radius 1 is 0.739 bits per heavy atom. The van der Waals surface area contributed by atoms with Crippen LogP contribution < -0.4 is 0 Å². The monoisotopic (exact) mass is 326 g/mol. The van der Waals surface area contributed by atoms with E-state index >= 15 is 0 Å². The third-order valence-corrected chi connectivity index (χ3v) is 4.69. The van der Waals surface area contributed by atoms with Crippen LogP contribution in [0.3, 0.4) is 0 Å². The quantitative estimate of drug-likeness (QED) is 0.422. The van der Waals surface area contributed by atoms with Crippen LogP contribution >= 0.6 is 0 Å². The van der Waals surface area contributed by atoms with Crippen LogP contribution in [-0.2, 0) is 0 Å². The second-order valence-electron chi connectivity index (χ2n) is 6.97. The van der Waals surface area contributed by atoms with Crippen molar-refractivity contribution in [2.45, 2.75) is 114 Å². The molecule has 142 valence electrons. The minimum Gasteiger partial charge on any atom is -0.103 e. The first kappa shape index (κ1) is 27.6. The van der Waals surface area contributed by atoms with E-state index in [1.54, 1.807) is 6.08 Å². The zero-order valence-electron chi connectivity index (χ0n) is 18.3. The number of hydrogen-bond donors (Lipinski definition) is 0. The van der Waals surface area contributed by atoms with Gasteiger partial charge in [-0.3, -0.25) is 0 Å². The van der Waals surface area contributed by atoms with E-state index in [0.717, 1.165) is 23.7 Å². The molecule has 23 heavy (non-hydrogen) atoms. The Bertz CT molecular complexity index is 188. The van der Waals surface area contributed by atoms with Crippen molar-refractivity contribution < 1.29 is 0 Å². The van der Waals surface area contributed by atoms with E-state index in [9.17, 15) is 0 Å². The van der Waals surface area contributed by atoms with Crippen LogP contribution in [0.2, 0.25) is 0 Å². The van der Waals surface area contributed by atoms with Gasteiger partial charge < -0.3 is 0 Å². The van der Waals surface area contributed by atoms with E-state index in [2.05, 4.69) is 34.3 Å². The largest absolute Gasteiger partial charge is 0.103 e. The van der Waals surface area contributed by atoms with Gasteiger partial charge in [-0.2, -0.15) is 0 Å². The molecule has 0 aromatic heterocycles. The topological polar surface area (TPSA) is 0 Å². The molecular formula is C23H50. The van der Waals surface area contributed by atoms with Crippen molar-refractivity contribution in [1.29, 1.82) is 0 Å². The molecule has 2 atom stereocenters. The van der Waals surface area contributed by atoms with E-state index in [-0.39, 0.29) is 0 Å². The summed E-state index contributed by atoms with van der Waals surface area (Å²) in [5.74, 6) is 4.14. The molecule has 0 heteroatoms. The summed E-state index contributed by atoms with van der Waals surface area (Å²) in [6, 6.07) is 0. The van der Waals surface area contributed by atoms with E-state index in [0.29, 0.717) is 0 Å². The van der Waals surface area contributed by atoms with Gasteiger partial charge in [0, 0.05) is 0 Å². The molecule has 0 bridgehead atoms. The standard InChI is InChI=1S/2C8H16.C3H6.2C2H6/c1-7-3-5-8(2)6-4-7;1-3-8-5-4-7(2)6-8;1-3-2;2*1-2/h2*7-8H,3-6H2,1-2H3;3H,1H2,2H3;2*1-2H3. The average molecular weight is 327 g/mol. The fraction of sp³-hybridized carbons (Fsp3) is 0.913. The van der Waals surface area contributed by atoms with Crippen LogP contribution in [0, 0.1) is 23.7 Å². The molecule has 2 saturated carbocycles. The minimum absolute atomic E-state index is 1.02. The van der Waals surface area contributed by atoms with Gasteiger partial charge in [0.05, 0.1) is 0 Å². The number of hydrogen-bond acceptors (Lipinski definition) is 0. The average Bonchev–Trinajstić information content (AvgIpc) is 3.01. The molecule has 0 aromatic rings. The van der Waals surface area contributed by atoms with Gasteiger partial charge in [-0.1, -0.05) is 106 Å². The van der Waals surface area contributed by atoms with Crippen molar-refractivity contribution in [3.63, 3.8) is 0 Å². The van der Waals surface area contributed by atoms with E-state index in [1.807, 2.05) is 34.6 Å². The molecule has 2 fully saturated rings. The summed E-state index contributed by atoms with van der Waals surface area (Å²) < 4.78 is 0. The van der Waals surface area contributed by atoms with Crippen LogP contribution in [0.4, 0.5) is 0 Å². The summed E-state index contributed by atoms with van der Waals surface area (Å²) >= 11 is 0. The summed E-state index contributed by atoms with van der Waals surface area (Å²) in [6.07, 6.45) is 13.5. The molecule has 2 rings (SSSR count). The molecule has 0 aliphatic heterocycles. The Balaban J connectivity index is -0.000000252. The Morgan fingerprint density at radius 3 is 1.22 bits per heavy atom. The maximum Gasteiger partial charge on any atom is -0.0414 e. The molecule has 0 saturated heterocycles. The third-order valence-electron chi connectivity index (χ3n) is 4.69. The van der Waals surface area contributed by atoms with Crippen LogP contribution in [-0.4, -0.2) is 0 Å². The van der Waals surface area contributed by atoms with Crippen molar-refractivity contribution in [2.75, 3.05) is 0 Å². The zero-order chi connectivity index (χ0) is 18.7. The second kappa shape index (κ2) is 21.7.